The molecule has 0 aliphatic carbocycles. The summed E-state index contributed by atoms with van der Waals surface area (Å²) in [5.41, 5.74) is 2.42. The summed E-state index contributed by atoms with van der Waals surface area (Å²) in [6.07, 6.45) is 0. The highest BCUT2D eigenvalue weighted by Crippen LogP contribution is 2.25. The predicted octanol–water partition coefficient (Wildman–Crippen LogP) is 3.99. The zero-order valence-electron chi connectivity index (χ0n) is 13.5. The molecule has 0 spiro atoms. The van der Waals surface area contributed by atoms with Crippen molar-refractivity contribution in [2.45, 2.75) is 46.1 Å². The fourth-order valence-electron chi connectivity index (χ4n) is 2.16. The lowest BCUT2D eigenvalue weighted by Gasteiger charge is -2.12. The van der Waals surface area contributed by atoms with Gasteiger partial charge < -0.3 is 14.3 Å². The molecule has 3 aromatic rings. The zero-order valence-corrected chi connectivity index (χ0v) is 13.5. The third kappa shape index (κ3) is 2.81. The molecular weight excluding hydrogens is 280 g/mol. The fraction of sp³-hybridized carbons (Fsp3) is 0.438. The molecule has 6 nitrogen and oxygen atoms in total. The smallest absolute Gasteiger partial charge is 0.248 e. The van der Waals surface area contributed by atoms with E-state index in [2.05, 4.69) is 41.2 Å². The quantitative estimate of drug-likeness (QED) is 0.788. The largest absolute Gasteiger partial charge is 0.441 e. The Morgan fingerprint density at radius 2 is 1.95 bits per heavy atom. The molecule has 0 aliphatic heterocycles. The molecule has 0 saturated carbocycles. The van der Waals surface area contributed by atoms with Gasteiger partial charge in [-0.05, 0) is 25.1 Å². The Morgan fingerprint density at radius 1 is 1.18 bits per heavy atom. The van der Waals surface area contributed by atoms with Crippen LogP contribution in [0, 0.1) is 6.92 Å². The van der Waals surface area contributed by atoms with Crippen molar-refractivity contribution in [3.63, 3.8) is 0 Å². The van der Waals surface area contributed by atoms with Crippen LogP contribution in [0.4, 0.5) is 5.69 Å². The number of hydrogen-bond acceptors (Lipinski definition) is 6. The Labute approximate surface area is 128 Å². The van der Waals surface area contributed by atoms with Crippen LogP contribution in [0.3, 0.4) is 0 Å². The number of oxazole rings is 1. The van der Waals surface area contributed by atoms with Crippen LogP contribution in [0.1, 0.15) is 51.3 Å². The second-order valence-electron chi connectivity index (χ2n) is 6.49. The Balaban J connectivity index is 1.80. The van der Waals surface area contributed by atoms with Crippen molar-refractivity contribution in [3.8, 4) is 0 Å². The van der Waals surface area contributed by atoms with E-state index in [-0.39, 0.29) is 11.5 Å². The van der Waals surface area contributed by atoms with Gasteiger partial charge in [-0.1, -0.05) is 25.9 Å². The maximum absolute atomic E-state index is 5.47. The topological polar surface area (TPSA) is 77.0 Å². The molecule has 1 atom stereocenters. The molecule has 0 bridgehead atoms. The van der Waals surface area contributed by atoms with E-state index in [0.717, 1.165) is 16.8 Å². The van der Waals surface area contributed by atoms with E-state index in [1.54, 1.807) is 0 Å². The van der Waals surface area contributed by atoms with Gasteiger partial charge in [-0.15, -0.1) is 0 Å². The van der Waals surface area contributed by atoms with Crippen molar-refractivity contribution in [2.75, 3.05) is 5.32 Å². The minimum Gasteiger partial charge on any atom is -0.441 e. The Bertz CT molecular complexity index is 798. The van der Waals surface area contributed by atoms with Crippen LogP contribution in [-0.2, 0) is 5.41 Å². The van der Waals surface area contributed by atoms with Crippen molar-refractivity contribution in [2.24, 2.45) is 0 Å². The van der Waals surface area contributed by atoms with Crippen molar-refractivity contribution < 1.29 is 8.94 Å². The summed E-state index contributed by atoms with van der Waals surface area (Å²) in [5, 5.41) is 7.40. The first-order valence-electron chi connectivity index (χ1n) is 7.31. The summed E-state index contributed by atoms with van der Waals surface area (Å²) >= 11 is 0. The van der Waals surface area contributed by atoms with Gasteiger partial charge in [-0.25, -0.2) is 4.98 Å². The van der Waals surface area contributed by atoms with E-state index in [9.17, 15) is 0 Å². The highest BCUT2D eigenvalue weighted by molar-refractivity contribution is 5.77. The fourth-order valence-corrected chi connectivity index (χ4v) is 2.16. The number of anilines is 1. The van der Waals surface area contributed by atoms with Crippen LogP contribution in [0.15, 0.2) is 27.1 Å². The Morgan fingerprint density at radius 3 is 2.64 bits per heavy atom. The van der Waals surface area contributed by atoms with Gasteiger partial charge in [0.1, 0.15) is 11.6 Å². The van der Waals surface area contributed by atoms with Gasteiger partial charge in [0.2, 0.25) is 5.89 Å². The van der Waals surface area contributed by atoms with Gasteiger partial charge >= 0.3 is 0 Å². The first kappa shape index (κ1) is 14.6. The van der Waals surface area contributed by atoms with E-state index in [4.69, 9.17) is 8.94 Å². The summed E-state index contributed by atoms with van der Waals surface area (Å²) < 4.78 is 10.8. The van der Waals surface area contributed by atoms with Gasteiger partial charge in [-0.3, -0.25) is 0 Å². The average Bonchev–Trinajstić information content (AvgIpc) is 3.02. The lowest BCUT2D eigenvalue weighted by atomic mass is 9.96. The van der Waals surface area contributed by atoms with Gasteiger partial charge in [0, 0.05) is 18.0 Å². The van der Waals surface area contributed by atoms with Crippen LogP contribution in [-0.4, -0.2) is 15.1 Å². The summed E-state index contributed by atoms with van der Waals surface area (Å²) in [6, 6.07) is 5.71. The maximum atomic E-state index is 5.47. The van der Waals surface area contributed by atoms with Gasteiger partial charge in [0.15, 0.2) is 17.3 Å². The third-order valence-electron chi connectivity index (χ3n) is 3.36. The molecule has 116 valence electrons. The van der Waals surface area contributed by atoms with E-state index in [0.29, 0.717) is 17.6 Å². The van der Waals surface area contributed by atoms with E-state index < -0.39 is 0 Å². The predicted molar refractivity (Wildman–Crippen MR) is 83.8 cm³/mol. The number of hydrogen-bond donors (Lipinski definition) is 1. The summed E-state index contributed by atoms with van der Waals surface area (Å²) in [5.74, 6) is 1.94. The number of aryl methyl sites for hydroxylation is 1. The lowest BCUT2D eigenvalue weighted by Crippen LogP contribution is -2.14. The number of nitrogens with one attached hydrogen (secondary N) is 1. The molecule has 2 aromatic heterocycles. The highest BCUT2D eigenvalue weighted by atomic mass is 16.5. The number of nitrogens with zero attached hydrogens (tertiary/aromatic N) is 3. The Hall–Kier alpha value is -2.37. The molecule has 0 amide bonds. The summed E-state index contributed by atoms with van der Waals surface area (Å²) in [4.78, 5) is 8.80. The maximum Gasteiger partial charge on any atom is 0.248 e. The number of rotatable bonds is 3. The van der Waals surface area contributed by atoms with Crippen molar-refractivity contribution in [1.82, 2.24) is 15.1 Å². The summed E-state index contributed by atoms with van der Waals surface area (Å²) in [6.45, 7) is 9.99. The molecule has 1 N–H and O–H groups in total. The van der Waals surface area contributed by atoms with Gasteiger partial charge in [0.05, 0.1) is 0 Å². The molecule has 0 unspecified atom stereocenters. The van der Waals surface area contributed by atoms with E-state index in [1.807, 2.05) is 32.0 Å². The molecule has 22 heavy (non-hydrogen) atoms. The molecule has 1 aromatic carbocycles. The SMILES string of the molecule is Cc1nc2cc(N[C@H](C)c3nc(C(C)(C)C)no3)ccc2o1. The normalized spacial score (nSPS) is 13.5. The van der Waals surface area contributed by atoms with Crippen molar-refractivity contribution >= 4 is 16.8 Å². The van der Waals surface area contributed by atoms with Gasteiger partial charge in [-0.2, -0.15) is 4.98 Å². The average molecular weight is 300 g/mol. The van der Waals surface area contributed by atoms with E-state index in [1.165, 1.54) is 0 Å². The highest BCUT2D eigenvalue weighted by Gasteiger charge is 2.23. The van der Waals surface area contributed by atoms with Crippen molar-refractivity contribution in [1.29, 1.82) is 0 Å². The molecular formula is C16H20N4O2. The van der Waals surface area contributed by atoms with Crippen LogP contribution < -0.4 is 5.32 Å². The number of aromatic nitrogens is 3. The lowest BCUT2D eigenvalue weighted by molar-refractivity contribution is 0.354. The first-order chi connectivity index (χ1) is 10.3. The van der Waals surface area contributed by atoms with Crippen LogP contribution in [0.5, 0.6) is 0 Å². The zero-order chi connectivity index (χ0) is 15.9. The summed E-state index contributed by atoms with van der Waals surface area (Å²) in [7, 11) is 0. The molecule has 3 rings (SSSR count). The minimum atomic E-state index is -0.126. The third-order valence-corrected chi connectivity index (χ3v) is 3.36. The molecule has 0 aliphatic rings. The molecule has 0 saturated heterocycles. The number of fused-ring (bicyclic) bond motifs is 1. The van der Waals surface area contributed by atoms with Crippen LogP contribution >= 0.6 is 0 Å². The molecule has 0 fully saturated rings. The van der Waals surface area contributed by atoms with Crippen LogP contribution in [0.2, 0.25) is 0 Å². The molecule has 2 heterocycles. The minimum absolute atomic E-state index is 0.0888. The van der Waals surface area contributed by atoms with Crippen molar-refractivity contribution in [3.05, 3.63) is 35.8 Å². The first-order valence-corrected chi connectivity index (χ1v) is 7.31. The number of benzene rings is 1. The standard InChI is InChI=1S/C16H20N4O2/c1-9(14-19-15(20-22-14)16(3,4)5)17-11-6-7-13-12(8-11)18-10(2)21-13/h6-9,17H,1-5H3/t9-/m1/s1. The monoisotopic (exact) mass is 300 g/mol. The molecule has 6 heteroatoms. The second-order valence-corrected chi connectivity index (χ2v) is 6.49. The van der Waals surface area contributed by atoms with Gasteiger partial charge in [0.25, 0.3) is 0 Å². The molecule has 0 radical (unpaired) electrons. The van der Waals surface area contributed by atoms with E-state index >= 15 is 0 Å². The second kappa shape index (κ2) is 5.12. The van der Waals surface area contributed by atoms with Crippen LogP contribution in [0.25, 0.3) is 11.1 Å². The Kier molecular flexibility index (Phi) is 3.39.